The van der Waals surface area contributed by atoms with E-state index in [1.165, 1.54) is 34.2 Å². The molecule has 28 heavy (non-hydrogen) atoms. The van der Waals surface area contributed by atoms with Crippen LogP contribution in [-0.2, 0) is 16.4 Å². The quantitative estimate of drug-likeness (QED) is 0.261. The molecule has 1 aromatic heterocycles. The van der Waals surface area contributed by atoms with Gasteiger partial charge in [0.25, 0.3) is 10.0 Å². The van der Waals surface area contributed by atoms with Crippen molar-refractivity contribution in [2.45, 2.75) is 49.5 Å². The van der Waals surface area contributed by atoms with E-state index in [4.69, 9.17) is 4.99 Å². The van der Waals surface area contributed by atoms with Gasteiger partial charge in [-0.25, -0.2) is 8.42 Å². The third-order valence-corrected chi connectivity index (χ3v) is 9.46. The van der Waals surface area contributed by atoms with Crippen molar-refractivity contribution in [3.63, 3.8) is 0 Å². The van der Waals surface area contributed by atoms with Gasteiger partial charge in [0.05, 0.1) is 6.54 Å². The van der Waals surface area contributed by atoms with Gasteiger partial charge in [-0.05, 0) is 44.1 Å². The Kier molecular flexibility index (Phi) is 12.3. The van der Waals surface area contributed by atoms with E-state index in [2.05, 4.69) is 17.6 Å². The lowest BCUT2D eigenvalue weighted by Crippen LogP contribution is -2.38. The minimum atomic E-state index is -3.36. The minimum absolute atomic E-state index is 0. The number of aliphatic imine (C=N–C) groups is 1. The first-order valence-corrected chi connectivity index (χ1v) is 13.0. The molecule has 0 amide bonds. The number of rotatable bonds is 10. The third kappa shape index (κ3) is 7.66. The Morgan fingerprint density at radius 3 is 2.61 bits per heavy atom. The summed E-state index contributed by atoms with van der Waals surface area (Å²) < 4.78 is 27.1. The summed E-state index contributed by atoms with van der Waals surface area (Å²) in [5.41, 5.74) is 0. The van der Waals surface area contributed by atoms with E-state index in [0.29, 0.717) is 22.5 Å². The van der Waals surface area contributed by atoms with Crippen LogP contribution in [-0.4, -0.2) is 62.4 Å². The number of sulfonamides is 1. The molecule has 1 unspecified atom stereocenters. The first-order chi connectivity index (χ1) is 13.0. The zero-order valence-electron chi connectivity index (χ0n) is 16.9. The standard InChI is InChI=1S/C18H32N4O2S3.HI/c1-4-19-18(21-14-16-8-7-13-25-16)20-12-11-15-9-10-17(26-15)27(23,24)22(5-2)6-3;/h9-10,16H,4-8,11-14H2,1-3H3,(H2,19,20,21);1H. The molecule has 162 valence electrons. The van der Waals surface area contributed by atoms with Crippen molar-refractivity contribution in [2.75, 3.05) is 38.5 Å². The van der Waals surface area contributed by atoms with E-state index < -0.39 is 10.0 Å². The van der Waals surface area contributed by atoms with E-state index in [0.717, 1.165) is 36.9 Å². The fourth-order valence-electron chi connectivity index (χ4n) is 2.95. The van der Waals surface area contributed by atoms with Crippen molar-refractivity contribution in [1.29, 1.82) is 0 Å². The SMILES string of the molecule is CCNC(=NCC1CCCS1)NCCc1ccc(S(=O)(=O)N(CC)CC)s1.I. The van der Waals surface area contributed by atoms with Gasteiger partial charge in [-0.1, -0.05) is 13.8 Å². The van der Waals surface area contributed by atoms with Gasteiger partial charge in [0.2, 0.25) is 0 Å². The monoisotopic (exact) mass is 560 g/mol. The van der Waals surface area contributed by atoms with E-state index in [1.54, 1.807) is 6.07 Å². The van der Waals surface area contributed by atoms with Crippen LogP contribution in [0.15, 0.2) is 21.3 Å². The zero-order chi connectivity index (χ0) is 19.7. The maximum atomic E-state index is 12.6. The van der Waals surface area contributed by atoms with Crippen LogP contribution in [0.1, 0.15) is 38.5 Å². The molecule has 0 radical (unpaired) electrons. The molecule has 1 aromatic rings. The largest absolute Gasteiger partial charge is 0.357 e. The molecule has 2 N–H and O–H groups in total. The Morgan fingerprint density at radius 2 is 2.00 bits per heavy atom. The molecule has 1 atom stereocenters. The molecule has 0 aromatic carbocycles. The predicted molar refractivity (Wildman–Crippen MR) is 133 cm³/mol. The lowest BCUT2D eigenvalue weighted by atomic mass is 10.2. The highest BCUT2D eigenvalue weighted by atomic mass is 127. The van der Waals surface area contributed by atoms with Crippen molar-refractivity contribution in [3.05, 3.63) is 17.0 Å². The molecular weight excluding hydrogens is 527 g/mol. The number of hydrogen-bond acceptors (Lipinski definition) is 5. The predicted octanol–water partition coefficient (Wildman–Crippen LogP) is 3.39. The second-order valence-corrected chi connectivity index (χ2v) is 11.1. The summed E-state index contributed by atoms with van der Waals surface area (Å²) in [6.45, 7) is 9.20. The summed E-state index contributed by atoms with van der Waals surface area (Å²) in [5.74, 6) is 2.10. The first-order valence-electron chi connectivity index (χ1n) is 9.73. The molecule has 1 aliphatic heterocycles. The Bertz CT molecular complexity index is 699. The van der Waals surface area contributed by atoms with Crippen molar-refractivity contribution in [3.8, 4) is 0 Å². The van der Waals surface area contributed by atoms with E-state index in [9.17, 15) is 8.42 Å². The maximum Gasteiger partial charge on any atom is 0.252 e. The lowest BCUT2D eigenvalue weighted by Gasteiger charge is -2.16. The van der Waals surface area contributed by atoms with Gasteiger partial charge in [0, 0.05) is 36.3 Å². The summed E-state index contributed by atoms with van der Waals surface area (Å²) in [6.07, 6.45) is 3.33. The smallest absolute Gasteiger partial charge is 0.252 e. The van der Waals surface area contributed by atoms with Crippen LogP contribution in [0.4, 0.5) is 0 Å². The fourth-order valence-corrected chi connectivity index (χ4v) is 7.10. The van der Waals surface area contributed by atoms with Crippen LogP contribution >= 0.6 is 47.1 Å². The van der Waals surface area contributed by atoms with E-state index in [-0.39, 0.29) is 24.0 Å². The second kappa shape index (κ2) is 13.3. The third-order valence-electron chi connectivity index (χ3n) is 4.42. The molecule has 0 bridgehead atoms. The molecule has 2 rings (SSSR count). The average molecular weight is 561 g/mol. The highest BCUT2D eigenvalue weighted by Gasteiger charge is 2.23. The molecular formula is C18H33IN4O2S3. The van der Waals surface area contributed by atoms with Gasteiger partial charge in [-0.15, -0.1) is 35.3 Å². The molecule has 6 nitrogen and oxygen atoms in total. The summed E-state index contributed by atoms with van der Waals surface area (Å²) in [5, 5.41) is 7.29. The normalized spacial score (nSPS) is 17.6. The molecule has 0 spiro atoms. The molecule has 1 fully saturated rings. The zero-order valence-corrected chi connectivity index (χ0v) is 21.7. The number of guanidine groups is 1. The Morgan fingerprint density at radius 1 is 1.25 bits per heavy atom. The number of thiophene rings is 1. The Labute approximate surface area is 195 Å². The maximum absolute atomic E-state index is 12.6. The number of halogens is 1. The highest BCUT2D eigenvalue weighted by molar-refractivity contribution is 14.0. The molecule has 0 saturated carbocycles. The van der Waals surface area contributed by atoms with Crippen LogP contribution in [0.2, 0.25) is 0 Å². The number of nitrogens with zero attached hydrogens (tertiary/aromatic N) is 2. The van der Waals surface area contributed by atoms with Crippen LogP contribution in [0, 0.1) is 0 Å². The molecule has 0 aliphatic carbocycles. The van der Waals surface area contributed by atoms with Crippen molar-refractivity contribution in [1.82, 2.24) is 14.9 Å². The molecule has 2 heterocycles. The van der Waals surface area contributed by atoms with Gasteiger partial charge in [-0.2, -0.15) is 16.1 Å². The van der Waals surface area contributed by atoms with Crippen molar-refractivity contribution < 1.29 is 8.42 Å². The second-order valence-electron chi connectivity index (χ2n) is 6.34. The van der Waals surface area contributed by atoms with Gasteiger partial charge in [0.15, 0.2) is 5.96 Å². The van der Waals surface area contributed by atoms with Gasteiger partial charge in [0.1, 0.15) is 4.21 Å². The van der Waals surface area contributed by atoms with Crippen LogP contribution in [0.3, 0.4) is 0 Å². The number of thioether (sulfide) groups is 1. The summed E-state index contributed by atoms with van der Waals surface area (Å²) in [7, 11) is -3.36. The fraction of sp³-hybridized carbons (Fsp3) is 0.722. The topological polar surface area (TPSA) is 73.8 Å². The first kappa shape index (κ1) is 26.0. The van der Waals surface area contributed by atoms with Crippen molar-refractivity contribution in [2.24, 2.45) is 4.99 Å². The Hall–Kier alpha value is -0.0400. The average Bonchev–Trinajstić information content (AvgIpc) is 3.32. The molecule has 1 saturated heterocycles. The van der Waals surface area contributed by atoms with Crippen molar-refractivity contribution >= 4 is 63.1 Å². The van der Waals surface area contributed by atoms with Gasteiger partial charge in [-0.3, -0.25) is 4.99 Å². The van der Waals surface area contributed by atoms with E-state index in [1.807, 2.05) is 31.7 Å². The number of nitrogens with one attached hydrogen (secondary N) is 2. The minimum Gasteiger partial charge on any atom is -0.357 e. The summed E-state index contributed by atoms with van der Waals surface area (Å²) in [4.78, 5) is 5.76. The number of hydrogen-bond donors (Lipinski definition) is 2. The van der Waals surface area contributed by atoms with Crippen LogP contribution in [0.5, 0.6) is 0 Å². The lowest BCUT2D eigenvalue weighted by molar-refractivity contribution is 0.447. The van der Waals surface area contributed by atoms with E-state index >= 15 is 0 Å². The Balaban J connectivity index is 0.00000392. The molecule has 1 aliphatic rings. The molecule has 10 heteroatoms. The highest BCUT2D eigenvalue weighted by Crippen LogP contribution is 2.26. The summed E-state index contributed by atoms with van der Waals surface area (Å²) in [6, 6.07) is 3.65. The summed E-state index contributed by atoms with van der Waals surface area (Å²) >= 11 is 3.38. The van der Waals surface area contributed by atoms with Gasteiger partial charge < -0.3 is 10.6 Å². The van der Waals surface area contributed by atoms with Crippen LogP contribution in [0.25, 0.3) is 0 Å². The van der Waals surface area contributed by atoms with Gasteiger partial charge >= 0.3 is 0 Å². The van der Waals surface area contributed by atoms with Crippen LogP contribution < -0.4 is 10.6 Å².